The summed E-state index contributed by atoms with van der Waals surface area (Å²) in [4.78, 5) is 15.9. The second-order valence-electron chi connectivity index (χ2n) is 6.26. The molecule has 2 atom stereocenters. The van der Waals surface area contributed by atoms with E-state index in [0.717, 1.165) is 26.2 Å². The molecule has 0 N–H and O–H groups in total. The Labute approximate surface area is 108 Å². The highest BCUT2D eigenvalue weighted by molar-refractivity contribution is 5.68. The van der Waals surface area contributed by atoms with Crippen LogP contribution in [0.1, 0.15) is 20.8 Å². The monoisotopic (exact) mass is 251 g/mol. The van der Waals surface area contributed by atoms with Crippen LogP contribution in [0, 0.1) is 23.2 Å². The average molecular weight is 251 g/mol. The standard InChI is InChI=1S/C13H21N3O2/c1-13(2,3)18-12(17)16-8-10-6-15(5-4-14)7-11(10)9-16/h10-11H,5-9H2,1-3H3. The van der Waals surface area contributed by atoms with E-state index < -0.39 is 5.60 Å². The van der Waals surface area contributed by atoms with Gasteiger partial charge in [0.1, 0.15) is 5.60 Å². The molecule has 2 rings (SSSR count). The minimum atomic E-state index is -0.429. The van der Waals surface area contributed by atoms with Crippen molar-refractivity contribution >= 4 is 6.09 Å². The van der Waals surface area contributed by atoms with Crippen LogP contribution in [0.15, 0.2) is 0 Å². The molecule has 1 amide bonds. The van der Waals surface area contributed by atoms with Crippen LogP contribution in [0.4, 0.5) is 4.79 Å². The summed E-state index contributed by atoms with van der Waals surface area (Å²) < 4.78 is 5.38. The van der Waals surface area contributed by atoms with E-state index in [0.29, 0.717) is 18.4 Å². The van der Waals surface area contributed by atoms with Gasteiger partial charge in [0.05, 0.1) is 12.6 Å². The molecule has 2 unspecified atom stereocenters. The number of rotatable bonds is 1. The first-order valence-electron chi connectivity index (χ1n) is 6.46. The second kappa shape index (κ2) is 4.77. The first kappa shape index (κ1) is 13.2. The topological polar surface area (TPSA) is 56.6 Å². The molecule has 2 fully saturated rings. The molecule has 0 aromatic heterocycles. The Morgan fingerprint density at radius 1 is 1.28 bits per heavy atom. The Balaban J connectivity index is 1.85. The highest BCUT2D eigenvalue weighted by Crippen LogP contribution is 2.31. The van der Waals surface area contributed by atoms with Gasteiger partial charge in [-0.2, -0.15) is 5.26 Å². The predicted molar refractivity (Wildman–Crippen MR) is 66.8 cm³/mol. The van der Waals surface area contributed by atoms with Gasteiger partial charge >= 0.3 is 6.09 Å². The number of carbonyl (C=O) groups is 1. The van der Waals surface area contributed by atoms with Crippen LogP contribution < -0.4 is 0 Å². The van der Waals surface area contributed by atoms with Gasteiger partial charge in [0.2, 0.25) is 0 Å². The molecule has 2 aliphatic heterocycles. The zero-order chi connectivity index (χ0) is 13.3. The van der Waals surface area contributed by atoms with Crippen molar-refractivity contribution in [1.29, 1.82) is 5.26 Å². The molecule has 5 nitrogen and oxygen atoms in total. The fourth-order valence-corrected chi connectivity index (χ4v) is 2.79. The summed E-state index contributed by atoms with van der Waals surface area (Å²) in [6.07, 6.45) is -0.205. The Morgan fingerprint density at radius 2 is 1.83 bits per heavy atom. The van der Waals surface area contributed by atoms with Crippen LogP contribution in [0.3, 0.4) is 0 Å². The van der Waals surface area contributed by atoms with Crippen LogP contribution in [0.5, 0.6) is 0 Å². The predicted octanol–water partition coefficient (Wildman–Crippen LogP) is 1.31. The molecule has 0 saturated carbocycles. The van der Waals surface area contributed by atoms with Gasteiger partial charge in [-0.05, 0) is 32.6 Å². The smallest absolute Gasteiger partial charge is 0.410 e. The first-order valence-corrected chi connectivity index (χ1v) is 6.46. The molecule has 0 spiro atoms. The molecule has 0 aliphatic carbocycles. The highest BCUT2D eigenvalue weighted by Gasteiger charge is 2.42. The largest absolute Gasteiger partial charge is 0.444 e. The van der Waals surface area contributed by atoms with Crippen LogP contribution in [-0.4, -0.2) is 54.2 Å². The van der Waals surface area contributed by atoms with E-state index in [-0.39, 0.29) is 6.09 Å². The fraction of sp³-hybridized carbons (Fsp3) is 0.846. The summed E-state index contributed by atoms with van der Waals surface area (Å²) in [6, 6.07) is 2.18. The SMILES string of the molecule is CC(C)(C)OC(=O)N1CC2CN(CC#N)CC2C1. The van der Waals surface area contributed by atoms with Gasteiger partial charge in [-0.3, -0.25) is 4.90 Å². The van der Waals surface area contributed by atoms with Crippen molar-refractivity contribution in [2.45, 2.75) is 26.4 Å². The number of nitriles is 1. The van der Waals surface area contributed by atoms with Crippen LogP contribution in [0.25, 0.3) is 0 Å². The molecule has 18 heavy (non-hydrogen) atoms. The maximum absolute atomic E-state index is 11.9. The lowest BCUT2D eigenvalue weighted by atomic mass is 10.0. The normalized spacial score (nSPS) is 28.0. The van der Waals surface area contributed by atoms with Crippen molar-refractivity contribution in [1.82, 2.24) is 9.80 Å². The third-order valence-corrected chi connectivity index (χ3v) is 3.51. The summed E-state index contributed by atoms with van der Waals surface area (Å²) in [5.41, 5.74) is -0.429. The van der Waals surface area contributed by atoms with E-state index in [1.807, 2.05) is 25.7 Å². The van der Waals surface area contributed by atoms with Crippen LogP contribution in [-0.2, 0) is 4.74 Å². The van der Waals surface area contributed by atoms with Gasteiger partial charge in [0.15, 0.2) is 0 Å². The van der Waals surface area contributed by atoms with E-state index in [4.69, 9.17) is 10.00 Å². The van der Waals surface area contributed by atoms with Gasteiger partial charge in [0, 0.05) is 26.2 Å². The Bertz CT molecular complexity index is 355. The molecule has 2 heterocycles. The number of carbonyl (C=O) groups excluding carboxylic acids is 1. The number of amides is 1. The molecule has 2 aliphatic rings. The molecule has 0 aromatic carbocycles. The van der Waals surface area contributed by atoms with E-state index in [9.17, 15) is 4.79 Å². The summed E-state index contributed by atoms with van der Waals surface area (Å²) in [5.74, 6) is 1.01. The average Bonchev–Trinajstić information content (AvgIpc) is 2.72. The Kier molecular flexibility index (Phi) is 3.49. The number of nitrogens with zero attached hydrogens (tertiary/aromatic N) is 3. The summed E-state index contributed by atoms with van der Waals surface area (Å²) in [7, 11) is 0. The number of ether oxygens (including phenoxy) is 1. The molecular formula is C13H21N3O2. The zero-order valence-corrected chi connectivity index (χ0v) is 11.3. The Hall–Kier alpha value is -1.28. The van der Waals surface area contributed by atoms with Crippen molar-refractivity contribution in [2.75, 3.05) is 32.7 Å². The summed E-state index contributed by atoms with van der Waals surface area (Å²) in [6.45, 7) is 9.54. The maximum Gasteiger partial charge on any atom is 0.410 e. The maximum atomic E-state index is 11.9. The van der Waals surface area contributed by atoms with E-state index in [1.54, 1.807) is 0 Å². The lowest BCUT2D eigenvalue weighted by molar-refractivity contribution is 0.0275. The van der Waals surface area contributed by atoms with Crippen molar-refractivity contribution in [3.8, 4) is 6.07 Å². The van der Waals surface area contributed by atoms with E-state index >= 15 is 0 Å². The number of fused-ring (bicyclic) bond motifs is 1. The van der Waals surface area contributed by atoms with Gasteiger partial charge in [0.25, 0.3) is 0 Å². The first-order chi connectivity index (χ1) is 8.39. The number of hydrogen-bond acceptors (Lipinski definition) is 4. The van der Waals surface area contributed by atoms with Gasteiger partial charge < -0.3 is 9.64 Å². The molecule has 2 saturated heterocycles. The minimum Gasteiger partial charge on any atom is -0.444 e. The fourth-order valence-electron chi connectivity index (χ4n) is 2.79. The molecule has 0 bridgehead atoms. The Morgan fingerprint density at radius 3 is 2.28 bits per heavy atom. The second-order valence-corrected chi connectivity index (χ2v) is 6.26. The van der Waals surface area contributed by atoms with Crippen LogP contribution >= 0.6 is 0 Å². The molecule has 5 heteroatoms. The van der Waals surface area contributed by atoms with Crippen molar-refractivity contribution in [3.05, 3.63) is 0 Å². The molecular weight excluding hydrogens is 230 g/mol. The summed E-state index contributed by atoms with van der Waals surface area (Å²) >= 11 is 0. The van der Waals surface area contributed by atoms with Crippen molar-refractivity contribution < 1.29 is 9.53 Å². The van der Waals surface area contributed by atoms with Crippen LogP contribution in [0.2, 0.25) is 0 Å². The molecule has 100 valence electrons. The van der Waals surface area contributed by atoms with E-state index in [1.165, 1.54) is 0 Å². The number of likely N-dealkylation sites (tertiary alicyclic amines) is 2. The van der Waals surface area contributed by atoms with Gasteiger partial charge in [-0.15, -0.1) is 0 Å². The third-order valence-electron chi connectivity index (χ3n) is 3.51. The van der Waals surface area contributed by atoms with Crippen molar-refractivity contribution in [3.63, 3.8) is 0 Å². The summed E-state index contributed by atoms with van der Waals surface area (Å²) in [5, 5.41) is 8.68. The lowest BCUT2D eigenvalue weighted by Crippen LogP contribution is -2.37. The third kappa shape index (κ3) is 2.94. The van der Waals surface area contributed by atoms with Crippen molar-refractivity contribution in [2.24, 2.45) is 11.8 Å². The van der Waals surface area contributed by atoms with Gasteiger partial charge in [-0.1, -0.05) is 0 Å². The van der Waals surface area contributed by atoms with Gasteiger partial charge in [-0.25, -0.2) is 4.79 Å². The zero-order valence-electron chi connectivity index (χ0n) is 11.3. The highest BCUT2D eigenvalue weighted by atomic mass is 16.6. The van der Waals surface area contributed by atoms with E-state index in [2.05, 4.69) is 11.0 Å². The number of hydrogen-bond donors (Lipinski definition) is 0. The molecule has 0 aromatic rings. The molecule has 0 radical (unpaired) electrons. The quantitative estimate of drug-likeness (QED) is 0.659. The lowest BCUT2D eigenvalue weighted by Gasteiger charge is -2.25. The minimum absolute atomic E-state index is 0.205.